The Hall–Kier alpha value is -1.59. The van der Waals surface area contributed by atoms with Gasteiger partial charge in [0, 0.05) is 12.3 Å². The van der Waals surface area contributed by atoms with Crippen molar-refractivity contribution in [3.05, 3.63) is 50.8 Å². The van der Waals surface area contributed by atoms with Gasteiger partial charge in [-0.1, -0.05) is 11.6 Å². The van der Waals surface area contributed by atoms with E-state index in [1.807, 2.05) is 0 Å². The second-order valence-electron chi connectivity index (χ2n) is 3.73. The SMILES string of the molecule is Cc1cc([N+](=O)[O-])c(Cl)cc1-n1ccc(CCl)n1. The first kappa shape index (κ1) is 12.9. The van der Waals surface area contributed by atoms with E-state index >= 15 is 0 Å². The molecule has 0 fully saturated rings. The number of aryl methyl sites for hydroxylation is 1. The molecule has 1 aromatic heterocycles. The summed E-state index contributed by atoms with van der Waals surface area (Å²) in [6.07, 6.45) is 1.74. The monoisotopic (exact) mass is 285 g/mol. The van der Waals surface area contributed by atoms with Crippen molar-refractivity contribution in [2.45, 2.75) is 12.8 Å². The average Bonchev–Trinajstić information content (AvgIpc) is 2.79. The summed E-state index contributed by atoms with van der Waals surface area (Å²) in [6, 6.07) is 4.74. The zero-order valence-corrected chi connectivity index (χ0v) is 10.9. The summed E-state index contributed by atoms with van der Waals surface area (Å²) >= 11 is 11.6. The first-order valence-electron chi connectivity index (χ1n) is 5.08. The van der Waals surface area contributed by atoms with Crippen molar-refractivity contribution in [3.63, 3.8) is 0 Å². The lowest BCUT2D eigenvalue weighted by Gasteiger charge is -2.06. The third-order valence-corrected chi connectivity index (χ3v) is 3.07. The van der Waals surface area contributed by atoms with Crippen molar-refractivity contribution in [1.29, 1.82) is 0 Å². The molecule has 1 heterocycles. The third kappa shape index (κ3) is 2.32. The molecule has 5 nitrogen and oxygen atoms in total. The minimum absolute atomic E-state index is 0.0866. The molecule has 0 saturated carbocycles. The Morgan fingerprint density at radius 1 is 1.50 bits per heavy atom. The second kappa shape index (κ2) is 4.96. The fraction of sp³-hybridized carbons (Fsp3) is 0.182. The number of nitro groups is 1. The van der Waals surface area contributed by atoms with Gasteiger partial charge in [-0.2, -0.15) is 5.10 Å². The van der Waals surface area contributed by atoms with Crippen LogP contribution in [0.1, 0.15) is 11.3 Å². The van der Waals surface area contributed by atoms with E-state index in [2.05, 4.69) is 5.10 Å². The van der Waals surface area contributed by atoms with E-state index in [1.165, 1.54) is 12.1 Å². The van der Waals surface area contributed by atoms with Crippen LogP contribution >= 0.6 is 23.2 Å². The standard InChI is InChI=1S/C11H9Cl2N3O2/c1-7-4-11(16(17)18)9(13)5-10(7)15-3-2-8(6-12)14-15/h2-5H,6H2,1H3. The molecular formula is C11H9Cl2N3O2. The van der Waals surface area contributed by atoms with Crippen LogP contribution in [-0.2, 0) is 5.88 Å². The number of hydrogen-bond acceptors (Lipinski definition) is 3. The zero-order valence-electron chi connectivity index (χ0n) is 9.43. The lowest BCUT2D eigenvalue weighted by molar-refractivity contribution is -0.384. The summed E-state index contributed by atoms with van der Waals surface area (Å²) in [7, 11) is 0. The van der Waals surface area contributed by atoms with Gasteiger partial charge >= 0.3 is 0 Å². The van der Waals surface area contributed by atoms with Crippen LogP contribution in [0.25, 0.3) is 5.69 Å². The topological polar surface area (TPSA) is 61.0 Å². The number of hydrogen-bond donors (Lipinski definition) is 0. The normalized spacial score (nSPS) is 10.6. The van der Waals surface area contributed by atoms with Crippen LogP contribution in [0.2, 0.25) is 5.02 Å². The zero-order chi connectivity index (χ0) is 13.3. The molecule has 0 aliphatic carbocycles. The fourth-order valence-electron chi connectivity index (χ4n) is 1.61. The third-order valence-electron chi connectivity index (χ3n) is 2.49. The maximum absolute atomic E-state index is 10.8. The van der Waals surface area contributed by atoms with Crippen LogP contribution in [0.3, 0.4) is 0 Å². The molecule has 7 heteroatoms. The highest BCUT2D eigenvalue weighted by molar-refractivity contribution is 6.32. The molecule has 0 aliphatic heterocycles. The maximum Gasteiger partial charge on any atom is 0.288 e. The molecule has 2 rings (SSSR count). The molecule has 94 valence electrons. The van der Waals surface area contributed by atoms with Crippen LogP contribution in [-0.4, -0.2) is 14.7 Å². The summed E-state index contributed by atoms with van der Waals surface area (Å²) < 4.78 is 1.60. The molecule has 0 unspecified atom stereocenters. The summed E-state index contributed by atoms with van der Waals surface area (Å²) in [5.74, 6) is 0.312. The number of alkyl halides is 1. The quantitative estimate of drug-likeness (QED) is 0.493. The van der Waals surface area contributed by atoms with Crippen molar-refractivity contribution in [2.24, 2.45) is 0 Å². The Morgan fingerprint density at radius 2 is 2.22 bits per heavy atom. The van der Waals surface area contributed by atoms with E-state index in [1.54, 1.807) is 23.9 Å². The van der Waals surface area contributed by atoms with Gasteiger partial charge in [-0.05, 0) is 24.6 Å². The Bertz CT molecular complexity index is 610. The van der Waals surface area contributed by atoms with Gasteiger partial charge in [0.2, 0.25) is 0 Å². The van der Waals surface area contributed by atoms with E-state index in [0.717, 1.165) is 11.3 Å². The Labute approximate surface area is 113 Å². The summed E-state index contributed by atoms with van der Waals surface area (Å²) in [5, 5.41) is 15.1. The molecular weight excluding hydrogens is 277 g/mol. The Balaban J connectivity index is 2.52. The van der Waals surface area contributed by atoms with Crippen molar-refractivity contribution in [1.82, 2.24) is 9.78 Å². The van der Waals surface area contributed by atoms with Crippen LogP contribution in [0.15, 0.2) is 24.4 Å². The lowest BCUT2D eigenvalue weighted by atomic mass is 10.2. The van der Waals surface area contributed by atoms with Gasteiger partial charge in [-0.15, -0.1) is 11.6 Å². The van der Waals surface area contributed by atoms with Gasteiger partial charge in [0.1, 0.15) is 5.02 Å². The summed E-state index contributed by atoms with van der Waals surface area (Å²) in [4.78, 5) is 10.2. The van der Waals surface area contributed by atoms with Gasteiger partial charge in [-0.3, -0.25) is 10.1 Å². The molecule has 0 atom stereocenters. The Morgan fingerprint density at radius 3 is 2.78 bits per heavy atom. The van der Waals surface area contributed by atoms with Crippen molar-refractivity contribution >= 4 is 28.9 Å². The second-order valence-corrected chi connectivity index (χ2v) is 4.41. The number of benzene rings is 1. The number of halogens is 2. The molecule has 0 aliphatic rings. The average molecular weight is 286 g/mol. The van der Waals surface area contributed by atoms with E-state index in [9.17, 15) is 10.1 Å². The van der Waals surface area contributed by atoms with Crippen molar-refractivity contribution in [3.8, 4) is 5.69 Å². The van der Waals surface area contributed by atoms with Gasteiger partial charge in [0.05, 0.1) is 22.2 Å². The van der Waals surface area contributed by atoms with Crippen LogP contribution in [0.5, 0.6) is 0 Å². The first-order chi connectivity index (χ1) is 8.52. The number of rotatable bonds is 3. The van der Waals surface area contributed by atoms with E-state index in [4.69, 9.17) is 23.2 Å². The minimum Gasteiger partial charge on any atom is -0.258 e. The highest BCUT2D eigenvalue weighted by Crippen LogP contribution is 2.29. The van der Waals surface area contributed by atoms with Crippen LogP contribution in [0.4, 0.5) is 5.69 Å². The van der Waals surface area contributed by atoms with Crippen LogP contribution in [0, 0.1) is 17.0 Å². The first-order valence-corrected chi connectivity index (χ1v) is 5.99. The van der Waals surface area contributed by atoms with E-state index in [0.29, 0.717) is 11.6 Å². The molecule has 0 amide bonds. The number of nitro benzene ring substituents is 1. The highest BCUT2D eigenvalue weighted by atomic mass is 35.5. The predicted octanol–water partition coefficient (Wildman–Crippen LogP) is 3.48. The molecule has 0 bridgehead atoms. The maximum atomic E-state index is 10.8. The van der Waals surface area contributed by atoms with E-state index in [-0.39, 0.29) is 10.7 Å². The molecule has 2 aromatic rings. The molecule has 0 N–H and O–H groups in total. The summed E-state index contributed by atoms with van der Waals surface area (Å²) in [5.41, 5.74) is 2.03. The minimum atomic E-state index is -0.508. The molecule has 0 spiro atoms. The molecule has 1 aromatic carbocycles. The van der Waals surface area contributed by atoms with Gasteiger partial charge in [-0.25, -0.2) is 4.68 Å². The lowest BCUT2D eigenvalue weighted by Crippen LogP contribution is -2.00. The predicted molar refractivity (Wildman–Crippen MR) is 69.5 cm³/mol. The van der Waals surface area contributed by atoms with Gasteiger partial charge in [0.15, 0.2) is 0 Å². The smallest absolute Gasteiger partial charge is 0.258 e. The molecule has 0 saturated heterocycles. The largest absolute Gasteiger partial charge is 0.288 e. The van der Waals surface area contributed by atoms with Gasteiger partial charge in [0.25, 0.3) is 5.69 Å². The molecule has 0 radical (unpaired) electrons. The molecule has 18 heavy (non-hydrogen) atoms. The van der Waals surface area contributed by atoms with E-state index < -0.39 is 4.92 Å². The van der Waals surface area contributed by atoms with Crippen molar-refractivity contribution < 1.29 is 4.92 Å². The number of nitrogens with zero attached hydrogens (tertiary/aromatic N) is 3. The Kier molecular flexibility index (Phi) is 3.54. The van der Waals surface area contributed by atoms with Gasteiger partial charge < -0.3 is 0 Å². The van der Waals surface area contributed by atoms with Crippen molar-refractivity contribution in [2.75, 3.05) is 0 Å². The number of aromatic nitrogens is 2. The highest BCUT2D eigenvalue weighted by Gasteiger charge is 2.16. The summed E-state index contributed by atoms with van der Waals surface area (Å²) in [6.45, 7) is 1.76. The fourth-order valence-corrected chi connectivity index (χ4v) is 1.98. The van der Waals surface area contributed by atoms with Crippen LogP contribution < -0.4 is 0 Å².